The molecule has 6 heteroatoms. The quantitative estimate of drug-likeness (QED) is 0.894. The highest BCUT2D eigenvalue weighted by Gasteiger charge is 2.57. The van der Waals surface area contributed by atoms with Crippen LogP contribution in [0.5, 0.6) is 0 Å². The monoisotopic (exact) mass is 346 g/mol. The number of nitrogens with zero attached hydrogens (tertiary/aromatic N) is 2. The molecule has 5 nitrogen and oxygen atoms in total. The highest BCUT2D eigenvalue weighted by molar-refractivity contribution is 5.94. The maximum Gasteiger partial charge on any atom is 0.228 e. The zero-order chi connectivity index (χ0) is 15.7. The Kier molecular flexibility index (Phi) is 4.92. The van der Waals surface area contributed by atoms with Gasteiger partial charge in [0, 0.05) is 12.1 Å². The van der Waals surface area contributed by atoms with E-state index in [-0.39, 0.29) is 29.6 Å². The molecule has 1 atom stereocenters. The Hall–Kier alpha value is -1.85. The SMILES string of the molecule is Cl.O=C(Nc1cnn(Cc2ccccc2)c1)C1CC12CCNCC2. The Labute approximate surface area is 148 Å². The molecule has 1 amide bonds. The second-order valence-corrected chi connectivity index (χ2v) is 6.77. The van der Waals surface area contributed by atoms with E-state index in [2.05, 4.69) is 27.9 Å². The molecule has 0 bridgehead atoms. The van der Waals surface area contributed by atoms with E-state index in [1.54, 1.807) is 6.20 Å². The molecule has 128 valence electrons. The van der Waals surface area contributed by atoms with Gasteiger partial charge >= 0.3 is 0 Å². The fourth-order valence-corrected chi connectivity index (χ4v) is 3.71. The molecule has 2 heterocycles. The van der Waals surface area contributed by atoms with Gasteiger partial charge in [0.2, 0.25) is 5.91 Å². The molecular weight excluding hydrogens is 324 g/mol. The zero-order valence-corrected chi connectivity index (χ0v) is 14.4. The summed E-state index contributed by atoms with van der Waals surface area (Å²) < 4.78 is 1.86. The molecule has 2 aromatic rings. The van der Waals surface area contributed by atoms with Crippen LogP contribution in [0.3, 0.4) is 0 Å². The molecule has 2 fully saturated rings. The number of carbonyl (C=O) groups excluding carboxylic acids is 1. The van der Waals surface area contributed by atoms with Crippen molar-refractivity contribution in [2.75, 3.05) is 18.4 Å². The lowest BCUT2D eigenvalue weighted by Gasteiger charge is -2.23. The molecule has 4 rings (SSSR count). The van der Waals surface area contributed by atoms with Crippen molar-refractivity contribution in [3.8, 4) is 0 Å². The summed E-state index contributed by atoms with van der Waals surface area (Å²) >= 11 is 0. The molecule has 1 saturated heterocycles. The molecule has 1 aliphatic carbocycles. The smallest absolute Gasteiger partial charge is 0.228 e. The summed E-state index contributed by atoms with van der Waals surface area (Å²) in [6, 6.07) is 10.2. The highest BCUT2D eigenvalue weighted by atomic mass is 35.5. The van der Waals surface area contributed by atoms with Gasteiger partial charge in [-0.2, -0.15) is 5.10 Å². The fraction of sp³-hybridized carbons (Fsp3) is 0.444. The van der Waals surface area contributed by atoms with Crippen LogP contribution >= 0.6 is 12.4 Å². The normalized spacial score (nSPS) is 21.1. The van der Waals surface area contributed by atoms with E-state index in [1.165, 1.54) is 5.56 Å². The van der Waals surface area contributed by atoms with Crippen LogP contribution in [0.4, 0.5) is 5.69 Å². The summed E-state index contributed by atoms with van der Waals surface area (Å²) in [5.41, 5.74) is 2.27. The summed E-state index contributed by atoms with van der Waals surface area (Å²) in [6.07, 6.45) is 6.93. The summed E-state index contributed by atoms with van der Waals surface area (Å²) in [6.45, 7) is 2.80. The van der Waals surface area contributed by atoms with Crippen molar-refractivity contribution < 1.29 is 4.79 Å². The summed E-state index contributed by atoms with van der Waals surface area (Å²) in [5.74, 6) is 0.341. The molecule has 1 aromatic heterocycles. The third kappa shape index (κ3) is 3.47. The Bertz CT molecular complexity index is 694. The first-order valence-electron chi connectivity index (χ1n) is 8.33. The molecule has 2 aliphatic rings. The van der Waals surface area contributed by atoms with Crippen molar-refractivity contribution in [1.82, 2.24) is 15.1 Å². The van der Waals surface area contributed by atoms with Gasteiger partial charge in [0.05, 0.1) is 18.4 Å². The van der Waals surface area contributed by atoms with Crippen LogP contribution in [-0.4, -0.2) is 28.8 Å². The van der Waals surface area contributed by atoms with Gasteiger partial charge in [-0.3, -0.25) is 9.48 Å². The number of benzene rings is 1. The Morgan fingerprint density at radius 2 is 2.04 bits per heavy atom. The van der Waals surface area contributed by atoms with Gasteiger partial charge in [0.15, 0.2) is 0 Å². The number of hydrogen-bond acceptors (Lipinski definition) is 3. The lowest BCUT2D eigenvalue weighted by atomic mass is 9.92. The zero-order valence-electron chi connectivity index (χ0n) is 13.6. The Morgan fingerprint density at radius 3 is 2.79 bits per heavy atom. The predicted octanol–water partition coefficient (Wildman–Crippen LogP) is 2.68. The molecule has 2 N–H and O–H groups in total. The van der Waals surface area contributed by atoms with Crippen LogP contribution in [0.1, 0.15) is 24.8 Å². The number of halogens is 1. The van der Waals surface area contributed by atoms with Gasteiger partial charge < -0.3 is 10.6 Å². The third-order valence-corrected chi connectivity index (χ3v) is 5.19. The second-order valence-electron chi connectivity index (χ2n) is 6.77. The number of aromatic nitrogens is 2. The van der Waals surface area contributed by atoms with E-state index in [4.69, 9.17) is 0 Å². The van der Waals surface area contributed by atoms with Gasteiger partial charge in [-0.25, -0.2) is 0 Å². The number of piperidine rings is 1. The van der Waals surface area contributed by atoms with E-state index in [0.29, 0.717) is 0 Å². The largest absolute Gasteiger partial charge is 0.323 e. The number of anilines is 1. The molecule has 1 aromatic carbocycles. The van der Waals surface area contributed by atoms with Crippen molar-refractivity contribution >= 4 is 24.0 Å². The second kappa shape index (κ2) is 6.95. The fourth-order valence-electron chi connectivity index (χ4n) is 3.71. The minimum Gasteiger partial charge on any atom is -0.323 e. The number of amides is 1. The van der Waals surface area contributed by atoms with Crippen LogP contribution in [-0.2, 0) is 11.3 Å². The minimum atomic E-state index is 0. The molecular formula is C18H23ClN4O. The number of nitrogens with one attached hydrogen (secondary N) is 2. The average molecular weight is 347 g/mol. The van der Waals surface area contributed by atoms with Gasteiger partial charge in [-0.1, -0.05) is 30.3 Å². The first-order valence-corrected chi connectivity index (χ1v) is 8.33. The standard InChI is InChI=1S/C18H22N4O.ClH/c23-17(16-10-18(16)6-8-19-9-7-18)21-15-11-20-22(13-15)12-14-4-2-1-3-5-14;/h1-5,11,13,16,19H,6-10,12H2,(H,21,23);1H. The van der Waals surface area contributed by atoms with Gasteiger partial charge in [-0.05, 0) is 43.3 Å². The number of hydrogen-bond donors (Lipinski definition) is 2. The molecule has 1 spiro atoms. The molecule has 24 heavy (non-hydrogen) atoms. The highest BCUT2D eigenvalue weighted by Crippen LogP contribution is 2.58. The lowest BCUT2D eigenvalue weighted by molar-refractivity contribution is -0.118. The first-order chi connectivity index (χ1) is 11.3. The van der Waals surface area contributed by atoms with Crippen LogP contribution in [0.2, 0.25) is 0 Å². The average Bonchev–Trinajstić information content (AvgIpc) is 3.08. The Balaban J connectivity index is 0.00000169. The van der Waals surface area contributed by atoms with E-state index in [9.17, 15) is 4.79 Å². The van der Waals surface area contributed by atoms with E-state index in [0.717, 1.165) is 44.6 Å². The van der Waals surface area contributed by atoms with Crippen LogP contribution < -0.4 is 10.6 Å². The lowest BCUT2D eigenvalue weighted by Crippen LogP contribution is -2.31. The summed E-state index contributed by atoms with van der Waals surface area (Å²) in [5, 5.41) is 10.8. The van der Waals surface area contributed by atoms with Gasteiger partial charge in [0.1, 0.15) is 0 Å². The maximum absolute atomic E-state index is 12.4. The van der Waals surface area contributed by atoms with Crippen molar-refractivity contribution in [3.05, 3.63) is 48.3 Å². The molecule has 1 unspecified atom stereocenters. The van der Waals surface area contributed by atoms with Crippen molar-refractivity contribution in [3.63, 3.8) is 0 Å². The van der Waals surface area contributed by atoms with Gasteiger partial charge in [-0.15, -0.1) is 12.4 Å². The third-order valence-electron chi connectivity index (χ3n) is 5.19. The molecule has 1 saturated carbocycles. The number of carbonyl (C=O) groups is 1. The number of rotatable bonds is 4. The van der Waals surface area contributed by atoms with Crippen LogP contribution in [0, 0.1) is 11.3 Å². The molecule has 1 aliphatic heterocycles. The van der Waals surface area contributed by atoms with Crippen molar-refractivity contribution in [1.29, 1.82) is 0 Å². The van der Waals surface area contributed by atoms with Crippen molar-refractivity contribution in [2.45, 2.75) is 25.8 Å². The van der Waals surface area contributed by atoms with Gasteiger partial charge in [0.25, 0.3) is 0 Å². The Morgan fingerprint density at radius 1 is 1.29 bits per heavy atom. The van der Waals surface area contributed by atoms with Crippen LogP contribution in [0.25, 0.3) is 0 Å². The minimum absolute atomic E-state index is 0. The predicted molar refractivity (Wildman–Crippen MR) is 96.3 cm³/mol. The van der Waals surface area contributed by atoms with E-state index in [1.807, 2.05) is 29.1 Å². The van der Waals surface area contributed by atoms with E-state index >= 15 is 0 Å². The van der Waals surface area contributed by atoms with E-state index < -0.39 is 0 Å². The van der Waals surface area contributed by atoms with Crippen molar-refractivity contribution in [2.24, 2.45) is 11.3 Å². The summed E-state index contributed by atoms with van der Waals surface area (Å²) in [4.78, 5) is 12.4. The first kappa shape index (κ1) is 17.0. The molecule has 0 radical (unpaired) electrons. The summed E-state index contributed by atoms with van der Waals surface area (Å²) in [7, 11) is 0. The van der Waals surface area contributed by atoms with Crippen LogP contribution in [0.15, 0.2) is 42.7 Å². The topological polar surface area (TPSA) is 59.0 Å². The maximum atomic E-state index is 12.4.